The van der Waals surface area contributed by atoms with E-state index < -0.39 is 23.6 Å². The molecule has 0 unspecified atom stereocenters. The zero-order valence-electron chi connectivity index (χ0n) is 16.7. The molecule has 4 aromatic rings. The molecule has 0 atom stereocenters. The number of carbonyl (C=O) groups excluding carboxylic acids is 1. The van der Waals surface area contributed by atoms with E-state index in [1.165, 1.54) is 30.1 Å². The van der Waals surface area contributed by atoms with Gasteiger partial charge in [-0.2, -0.15) is 23.4 Å². The van der Waals surface area contributed by atoms with Gasteiger partial charge in [0.1, 0.15) is 5.82 Å². The Morgan fingerprint density at radius 3 is 2.47 bits per heavy atom. The number of hydrogen-bond acceptors (Lipinski definition) is 4. The molecule has 0 saturated heterocycles. The summed E-state index contributed by atoms with van der Waals surface area (Å²) in [6.45, 7) is 0.157. The molecule has 0 saturated carbocycles. The SMILES string of the molecule is CN(Cc1c(Br)cnn1C)C(=O)c1cc2nc(-c3ccc(F)cc3)cc(C(F)(F)F)n2n1. The van der Waals surface area contributed by atoms with Gasteiger partial charge in [0.05, 0.1) is 28.6 Å². The minimum absolute atomic E-state index is 0.0177. The molecule has 4 rings (SSSR count). The highest BCUT2D eigenvalue weighted by atomic mass is 79.9. The summed E-state index contributed by atoms with van der Waals surface area (Å²) in [6, 6.07) is 6.93. The molecule has 7 nitrogen and oxygen atoms in total. The van der Waals surface area contributed by atoms with E-state index in [9.17, 15) is 22.4 Å². The molecule has 3 heterocycles. The molecule has 0 bridgehead atoms. The quantitative estimate of drug-likeness (QED) is 0.383. The minimum Gasteiger partial charge on any atom is -0.334 e. The summed E-state index contributed by atoms with van der Waals surface area (Å²) in [4.78, 5) is 18.4. The number of rotatable bonds is 4. The number of benzene rings is 1. The average molecular weight is 511 g/mol. The Hall–Kier alpha value is -3.28. The molecule has 0 aliphatic heterocycles. The fourth-order valence-corrected chi connectivity index (χ4v) is 3.63. The van der Waals surface area contributed by atoms with Crippen molar-refractivity contribution >= 4 is 27.5 Å². The zero-order valence-corrected chi connectivity index (χ0v) is 18.3. The molecule has 166 valence electrons. The lowest BCUT2D eigenvalue weighted by Crippen LogP contribution is -2.28. The molecule has 0 radical (unpaired) electrons. The van der Waals surface area contributed by atoms with Crippen molar-refractivity contribution < 1.29 is 22.4 Å². The van der Waals surface area contributed by atoms with Gasteiger partial charge in [0.25, 0.3) is 5.91 Å². The van der Waals surface area contributed by atoms with E-state index in [1.54, 1.807) is 17.9 Å². The third-order valence-corrected chi connectivity index (χ3v) is 5.48. The predicted molar refractivity (Wildman–Crippen MR) is 110 cm³/mol. The Morgan fingerprint density at radius 2 is 1.88 bits per heavy atom. The van der Waals surface area contributed by atoms with E-state index in [0.717, 1.165) is 18.2 Å². The van der Waals surface area contributed by atoms with Crippen molar-refractivity contribution in [3.05, 3.63) is 70.0 Å². The maximum Gasteiger partial charge on any atom is 0.433 e. The molecule has 0 N–H and O–H groups in total. The lowest BCUT2D eigenvalue weighted by molar-refractivity contribution is -0.142. The maximum atomic E-state index is 13.7. The van der Waals surface area contributed by atoms with Crippen LogP contribution in [0.4, 0.5) is 17.6 Å². The van der Waals surface area contributed by atoms with Gasteiger partial charge in [-0.1, -0.05) is 0 Å². The number of aryl methyl sites for hydroxylation is 1. The highest BCUT2D eigenvalue weighted by Crippen LogP contribution is 2.32. The first kappa shape index (κ1) is 21.9. The van der Waals surface area contributed by atoms with Crippen molar-refractivity contribution in [1.29, 1.82) is 0 Å². The van der Waals surface area contributed by atoms with Gasteiger partial charge in [0, 0.05) is 25.7 Å². The van der Waals surface area contributed by atoms with Crippen LogP contribution in [0.25, 0.3) is 16.9 Å². The van der Waals surface area contributed by atoms with Gasteiger partial charge in [0.15, 0.2) is 17.0 Å². The van der Waals surface area contributed by atoms with Crippen LogP contribution in [-0.4, -0.2) is 42.2 Å². The third kappa shape index (κ3) is 4.09. The van der Waals surface area contributed by atoms with Crippen molar-refractivity contribution in [3.8, 4) is 11.3 Å². The zero-order chi connectivity index (χ0) is 23.2. The highest BCUT2D eigenvalue weighted by molar-refractivity contribution is 9.10. The molecule has 1 amide bonds. The molecule has 1 aromatic carbocycles. The van der Waals surface area contributed by atoms with Crippen LogP contribution in [0.15, 0.2) is 47.1 Å². The Labute approximate surface area is 187 Å². The van der Waals surface area contributed by atoms with Gasteiger partial charge < -0.3 is 4.90 Å². The van der Waals surface area contributed by atoms with E-state index in [-0.39, 0.29) is 23.6 Å². The summed E-state index contributed by atoms with van der Waals surface area (Å²) in [5, 5.41) is 7.94. The van der Waals surface area contributed by atoms with E-state index in [0.29, 0.717) is 20.2 Å². The summed E-state index contributed by atoms with van der Waals surface area (Å²) in [5.41, 5.74) is -0.463. The number of aromatic nitrogens is 5. The fourth-order valence-electron chi connectivity index (χ4n) is 3.16. The summed E-state index contributed by atoms with van der Waals surface area (Å²) in [6.07, 6.45) is -3.18. The number of nitrogens with zero attached hydrogens (tertiary/aromatic N) is 6. The standard InChI is InChI=1S/C20H15BrF4N6O/c1-29(10-16-13(21)9-26-30(16)2)19(32)15-8-18-27-14(11-3-5-12(22)6-4-11)7-17(20(23,24)25)31(18)28-15/h3-9H,10H2,1-2H3. The number of amides is 1. The first-order chi connectivity index (χ1) is 15.0. The highest BCUT2D eigenvalue weighted by Gasteiger charge is 2.36. The van der Waals surface area contributed by atoms with E-state index >= 15 is 0 Å². The van der Waals surface area contributed by atoms with Gasteiger partial charge >= 0.3 is 6.18 Å². The molecule has 0 aliphatic rings. The van der Waals surface area contributed by atoms with Crippen molar-refractivity contribution in [3.63, 3.8) is 0 Å². The van der Waals surface area contributed by atoms with Gasteiger partial charge in [-0.3, -0.25) is 9.48 Å². The van der Waals surface area contributed by atoms with Crippen LogP contribution in [0, 0.1) is 5.82 Å². The smallest absolute Gasteiger partial charge is 0.334 e. The summed E-state index contributed by atoms with van der Waals surface area (Å²) >= 11 is 3.35. The molecule has 0 fully saturated rings. The number of fused-ring (bicyclic) bond motifs is 1. The number of alkyl halides is 3. The lowest BCUT2D eigenvalue weighted by atomic mass is 10.1. The summed E-state index contributed by atoms with van der Waals surface area (Å²) in [5.74, 6) is -1.11. The van der Waals surface area contributed by atoms with Crippen molar-refractivity contribution in [1.82, 2.24) is 29.3 Å². The predicted octanol–water partition coefficient (Wildman–Crippen LogP) is 4.32. The number of carbonyl (C=O) groups is 1. The molecule has 3 aromatic heterocycles. The van der Waals surface area contributed by atoms with Crippen LogP contribution >= 0.6 is 15.9 Å². The number of halogens is 5. The van der Waals surface area contributed by atoms with E-state index in [1.807, 2.05) is 0 Å². The first-order valence-corrected chi connectivity index (χ1v) is 9.99. The lowest BCUT2D eigenvalue weighted by Gasteiger charge is -2.16. The van der Waals surface area contributed by atoms with Crippen molar-refractivity contribution in [2.75, 3.05) is 7.05 Å². The minimum atomic E-state index is -4.76. The van der Waals surface area contributed by atoms with E-state index in [4.69, 9.17) is 0 Å². The van der Waals surface area contributed by atoms with Crippen LogP contribution in [0.1, 0.15) is 21.9 Å². The molecular formula is C20H15BrF4N6O. The maximum absolute atomic E-state index is 13.7. The molecule has 0 spiro atoms. The summed E-state index contributed by atoms with van der Waals surface area (Å²) in [7, 11) is 3.22. The Kier molecular flexibility index (Phi) is 5.49. The fraction of sp³-hybridized carbons (Fsp3) is 0.200. The summed E-state index contributed by atoms with van der Waals surface area (Å²) < 4.78 is 57.3. The third-order valence-electron chi connectivity index (χ3n) is 4.82. The molecule has 32 heavy (non-hydrogen) atoms. The van der Waals surface area contributed by atoms with Gasteiger partial charge in [-0.15, -0.1) is 0 Å². The monoisotopic (exact) mass is 510 g/mol. The van der Waals surface area contributed by atoms with Crippen LogP contribution in [0.3, 0.4) is 0 Å². The van der Waals surface area contributed by atoms with Crippen molar-refractivity contribution in [2.45, 2.75) is 12.7 Å². The van der Waals surface area contributed by atoms with Crippen LogP contribution in [0.2, 0.25) is 0 Å². The van der Waals surface area contributed by atoms with Gasteiger partial charge in [0.2, 0.25) is 0 Å². The van der Waals surface area contributed by atoms with Gasteiger partial charge in [-0.25, -0.2) is 13.9 Å². The Morgan fingerprint density at radius 1 is 1.19 bits per heavy atom. The van der Waals surface area contributed by atoms with Gasteiger partial charge in [-0.05, 0) is 46.3 Å². The molecule has 0 aliphatic carbocycles. The topological polar surface area (TPSA) is 68.3 Å². The second-order valence-corrected chi connectivity index (χ2v) is 7.91. The van der Waals surface area contributed by atoms with Crippen LogP contribution in [-0.2, 0) is 19.8 Å². The molecular weight excluding hydrogens is 496 g/mol. The number of hydrogen-bond donors (Lipinski definition) is 0. The largest absolute Gasteiger partial charge is 0.433 e. The average Bonchev–Trinajstić information content (AvgIpc) is 3.30. The van der Waals surface area contributed by atoms with E-state index in [2.05, 4.69) is 31.1 Å². The molecule has 12 heteroatoms. The van der Waals surface area contributed by atoms with Crippen molar-refractivity contribution in [2.24, 2.45) is 7.05 Å². The Bertz CT molecular complexity index is 1290. The van der Waals surface area contributed by atoms with Crippen LogP contribution in [0.5, 0.6) is 0 Å². The second-order valence-electron chi connectivity index (χ2n) is 7.05. The second kappa shape index (κ2) is 8.01. The normalized spacial score (nSPS) is 11.8. The first-order valence-electron chi connectivity index (χ1n) is 9.20. The van der Waals surface area contributed by atoms with Crippen LogP contribution < -0.4 is 0 Å². The Balaban J connectivity index is 1.75.